The Morgan fingerprint density at radius 1 is 1.33 bits per heavy atom. The van der Waals surface area contributed by atoms with Gasteiger partial charge in [-0.3, -0.25) is 4.79 Å². The van der Waals surface area contributed by atoms with Crippen molar-refractivity contribution in [3.8, 4) is 0 Å². The molecule has 18 heavy (non-hydrogen) atoms. The Morgan fingerprint density at radius 2 is 2.11 bits per heavy atom. The number of likely N-dealkylation sites (tertiary alicyclic amines) is 1. The minimum atomic E-state index is 0. The number of rotatable bonds is 1. The molecule has 98 valence electrons. The summed E-state index contributed by atoms with van der Waals surface area (Å²) in [5.74, 6) is 0.199. The van der Waals surface area contributed by atoms with Crippen molar-refractivity contribution >= 4 is 18.3 Å². The van der Waals surface area contributed by atoms with Gasteiger partial charge in [0.25, 0.3) is 5.91 Å². The highest BCUT2D eigenvalue weighted by molar-refractivity contribution is 5.95. The van der Waals surface area contributed by atoms with Crippen molar-refractivity contribution in [2.45, 2.75) is 38.9 Å². The molecule has 1 aromatic rings. The Labute approximate surface area is 114 Å². The molecule has 0 spiro atoms. The molecule has 1 fully saturated rings. The molecule has 2 heterocycles. The van der Waals surface area contributed by atoms with E-state index in [9.17, 15) is 4.79 Å². The second-order valence-electron chi connectivity index (χ2n) is 5.08. The van der Waals surface area contributed by atoms with Crippen molar-refractivity contribution in [2.75, 3.05) is 6.54 Å². The van der Waals surface area contributed by atoms with Crippen LogP contribution in [0.4, 0.5) is 0 Å². The quantitative estimate of drug-likeness (QED) is 0.846. The lowest BCUT2D eigenvalue weighted by Crippen LogP contribution is -2.33. The van der Waals surface area contributed by atoms with Crippen LogP contribution in [-0.2, 0) is 13.1 Å². The van der Waals surface area contributed by atoms with Gasteiger partial charge in [-0.1, -0.05) is 6.07 Å². The first kappa shape index (κ1) is 13.4. The van der Waals surface area contributed by atoms with E-state index in [1.54, 1.807) is 0 Å². The number of halogens is 1. The van der Waals surface area contributed by atoms with Crippen molar-refractivity contribution < 1.29 is 4.79 Å². The van der Waals surface area contributed by atoms with E-state index in [0.29, 0.717) is 6.04 Å². The monoisotopic (exact) mass is 266 g/mol. The lowest BCUT2D eigenvalue weighted by Gasteiger charge is -2.21. The second kappa shape index (κ2) is 5.29. The summed E-state index contributed by atoms with van der Waals surface area (Å²) in [4.78, 5) is 14.4. The molecular weight excluding hydrogens is 248 g/mol. The minimum absolute atomic E-state index is 0. The first-order valence-corrected chi connectivity index (χ1v) is 6.39. The van der Waals surface area contributed by atoms with Crippen molar-refractivity contribution in [2.24, 2.45) is 0 Å². The number of hydrogen-bond donors (Lipinski definition) is 1. The number of hydrogen-bond acceptors (Lipinski definition) is 2. The third-order valence-corrected chi connectivity index (χ3v) is 3.90. The highest BCUT2D eigenvalue weighted by atomic mass is 35.5. The van der Waals surface area contributed by atoms with E-state index >= 15 is 0 Å². The van der Waals surface area contributed by atoms with Crippen LogP contribution in [0.1, 0.15) is 41.3 Å². The molecule has 3 nitrogen and oxygen atoms in total. The molecular formula is C14H19ClN2O. The Hall–Kier alpha value is -1.06. The predicted octanol–water partition coefficient (Wildman–Crippen LogP) is 2.34. The smallest absolute Gasteiger partial charge is 0.254 e. The molecule has 2 aliphatic heterocycles. The molecule has 0 radical (unpaired) electrons. The summed E-state index contributed by atoms with van der Waals surface area (Å²) in [7, 11) is 0. The third-order valence-electron chi connectivity index (χ3n) is 3.90. The Kier molecular flexibility index (Phi) is 3.93. The molecule has 2 aliphatic rings. The zero-order valence-corrected chi connectivity index (χ0v) is 11.4. The van der Waals surface area contributed by atoms with Crippen LogP contribution < -0.4 is 5.32 Å². The van der Waals surface area contributed by atoms with Gasteiger partial charge in [0, 0.05) is 31.2 Å². The van der Waals surface area contributed by atoms with Gasteiger partial charge < -0.3 is 10.2 Å². The molecule has 1 saturated heterocycles. The summed E-state index contributed by atoms with van der Waals surface area (Å²) in [6, 6.07) is 6.51. The minimum Gasteiger partial charge on any atom is -0.336 e. The van der Waals surface area contributed by atoms with Crippen LogP contribution in [0.25, 0.3) is 0 Å². The van der Waals surface area contributed by atoms with Gasteiger partial charge in [-0.15, -0.1) is 12.4 Å². The van der Waals surface area contributed by atoms with Gasteiger partial charge in [0.15, 0.2) is 0 Å². The Morgan fingerprint density at radius 3 is 2.83 bits per heavy atom. The van der Waals surface area contributed by atoms with Crippen molar-refractivity contribution in [1.29, 1.82) is 0 Å². The largest absolute Gasteiger partial charge is 0.336 e. The fraction of sp³-hybridized carbons (Fsp3) is 0.500. The van der Waals surface area contributed by atoms with Crippen LogP contribution in [0, 0.1) is 0 Å². The maximum atomic E-state index is 12.4. The standard InChI is InChI=1S/C14H18N2O.ClH/c1-10-3-2-6-16(10)14(17)11-4-5-12-8-15-9-13(12)7-11;/h4-5,7,10,15H,2-3,6,8-9H2,1H3;1H. The van der Waals surface area contributed by atoms with Crippen molar-refractivity contribution in [3.63, 3.8) is 0 Å². The van der Waals surface area contributed by atoms with Crippen LogP contribution in [0.5, 0.6) is 0 Å². The average Bonchev–Trinajstić information content (AvgIpc) is 2.95. The molecule has 1 N–H and O–H groups in total. The van der Waals surface area contributed by atoms with Crippen molar-refractivity contribution in [1.82, 2.24) is 10.2 Å². The van der Waals surface area contributed by atoms with Crippen LogP contribution in [0.3, 0.4) is 0 Å². The van der Waals surface area contributed by atoms with E-state index < -0.39 is 0 Å². The first-order valence-electron chi connectivity index (χ1n) is 6.39. The van der Waals surface area contributed by atoms with Crippen LogP contribution in [-0.4, -0.2) is 23.4 Å². The highest BCUT2D eigenvalue weighted by Gasteiger charge is 2.26. The van der Waals surface area contributed by atoms with E-state index in [2.05, 4.69) is 24.4 Å². The number of amides is 1. The summed E-state index contributed by atoms with van der Waals surface area (Å²) in [5.41, 5.74) is 3.46. The number of nitrogens with one attached hydrogen (secondary N) is 1. The lowest BCUT2D eigenvalue weighted by molar-refractivity contribution is 0.0747. The Balaban J connectivity index is 0.00000120. The van der Waals surface area contributed by atoms with E-state index in [0.717, 1.165) is 38.0 Å². The first-order chi connectivity index (χ1) is 8.25. The van der Waals surface area contributed by atoms with E-state index in [4.69, 9.17) is 0 Å². The lowest BCUT2D eigenvalue weighted by atomic mass is 10.1. The fourth-order valence-electron chi connectivity index (χ4n) is 2.83. The topological polar surface area (TPSA) is 32.3 Å². The molecule has 1 amide bonds. The molecule has 1 atom stereocenters. The Bertz CT molecular complexity index is 461. The van der Waals surface area contributed by atoms with Gasteiger partial charge in [-0.25, -0.2) is 0 Å². The molecule has 0 bridgehead atoms. The van der Waals surface area contributed by atoms with Gasteiger partial charge >= 0.3 is 0 Å². The average molecular weight is 267 g/mol. The summed E-state index contributed by atoms with van der Waals surface area (Å²) >= 11 is 0. The molecule has 3 rings (SSSR count). The number of carbonyl (C=O) groups excluding carboxylic acids is 1. The summed E-state index contributed by atoms with van der Waals surface area (Å²) in [5, 5.41) is 3.31. The van der Waals surface area contributed by atoms with E-state index in [-0.39, 0.29) is 18.3 Å². The molecule has 0 saturated carbocycles. The molecule has 0 aliphatic carbocycles. The number of fused-ring (bicyclic) bond motifs is 1. The molecule has 0 aromatic heterocycles. The zero-order valence-electron chi connectivity index (χ0n) is 10.6. The van der Waals surface area contributed by atoms with Gasteiger partial charge in [-0.2, -0.15) is 0 Å². The van der Waals surface area contributed by atoms with Gasteiger partial charge in [0.1, 0.15) is 0 Å². The van der Waals surface area contributed by atoms with Crippen LogP contribution in [0.15, 0.2) is 18.2 Å². The third kappa shape index (κ3) is 2.25. The summed E-state index contributed by atoms with van der Waals surface area (Å²) < 4.78 is 0. The zero-order chi connectivity index (χ0) is 11.8. The number of benzene rings is 1. The molecule has 4 heteroatoms. The normalized spacial score (nSPS) is 21.6. The summed E-state index contributed by atoms with van der Waals surface area (Å²) in [6.07, 6.45) is 2.28. The highest BCUT2D eigenvalue weighted by Crippen LogP contribution is 2.22. The molecule has 1 aromatic carbocycles. The van der Waals surface area contributed by atoms with E-state index in [1.807, 2.05) is 11.0 Å². The fourth-order valence-corrected chi connectivity index (χ4v) is 2.83. The van der Waals surface area contributed by atoms with Gasteiger partial charge in [0.05, 0.1) is 0 Å². The summed E-state index contributed by atoms with van der Waals surface area (Å²) in [6.45, 7) is 4.88. The van der Waals surface area contributed by atoms with Crippen molar-refractivity contribution in [3.05, 3.63) is 34.9 Å². The SMILES string of the molecule is CC1CCCN1C(=O)c1ccc2c(c1)CNC2.Cl. The maximum absolute atomic E-state index is 12.4. The number of carbonyl (C=O) groups is 1. The van der Waals surface area contributed by atoms with Crippen LogP contribution in [0.2, 0.25) is 0 Å². The predicted molar refractivity (Wildman–Crippen MR) is 74.0 cm³/mol. The van der Waals surface area contributed by atoms with Gasteiger partial charge in [0.2, 0.25) is 0 Å². The maximum Gasteiger partial charge on any atom is 0.254 e. The van der Waals surface area contributed by atoms with Crippen LogP contribution >= 0.6 is 12.4 Å². The number of nitrogens with zero attached hydrogens (tertiary/aromatic N) is 1. The van der Waals surface area contributed by atoms with E-state index in [1.165, 1.54) is 11.1 Å². The van der Waals surface area contributed by atoms with Gasteiger partial charge in [-0.05, 0) is 43.0 Å². The second-order valence-corrected chi connectivity index (χ2v) is 5.08. The molecule has 1 unspecified atom stereocenters.